The van der Waals surface area contributed by atoms with E-state index in [1.54, 1.807) is 6.08 Å². The van der Waals surface area contributed by atoms with E-state index in [0.717, 1.165) is 19.3 Å². The van der Waals surface area contributed by atoms with Crippen molar-refractivity contribution in [3.8, 4) is 0 Å². The van der Waals surface area contributed by atoms with Crippen molar-refractivity contribution in [2.45, 2.75) is 25.4 Å². The van der Waals surface area contributed by atoms with Crippen LogP contribution < -0.4 is 0 Å². The van der Waals surface area contributed by atoms with Crippen LogP contribution in [0.25, 0.3) is 0 Å². The summed E-state index contributed by atoms with van der Waals surface area (Å²) in [5, 5.41) is 9.90. The van der Waals surface area contributed by atoms with Crippen LogP contribution in [0.5, 0.6) is 0 Å². The molecular weight excluding hydrogens is 132 g/mol. The van der Waals surface area contributed by atoms with E-state index in [4.69, 9.17) is 0 Å². The van der Waals surface area contributed by atoms with Crippen molar-refractivity contribution in [3.63, 3.8) is 0 Å². The topological polar surface area (TPSA) is 46.2 Å². The second kappa shape index (κ2) is 3.25. The Morgan fingerprint density at radius 1 is 1.60 bits per heavy atom. The van der Waals surface area contributed by atoms with E-state index < -0.39 is 6.16 Å². The molecule has 0 aromatic carbocycles. The molecule has 0 bridgehead atoms. The highest BCUT2D eigenvalue weighted by molar-refractivity contribution is 5.56. The van der Waals surface area contributed by atoms with E-state index in [0.29, 0.717) is 0 Å². The zero-order chi connectivity index (χ0) is 7.40. The molecule has 0 amide bonds. The number of hydrogen-bond donors (Lipinski definition) is 0. The van der Waals surface area contributed by atoms with Gasteiger partial charge in [0.05, 0.1) is 0 Å². The summed E-state index contributed by atoms with van der Waals surface area (Å²) in [5.74, 6) is 0. The second-order valence-corrected chi connectivity index (χ2v) is 2.27. The van der Waals surface area contributed by atoms with E-state index in [2.05, 4.69) is 4.74 Å². The van der Waals surface area contributed by atoms with Gasteiger partial charge in [0.1, 0.15) is 6.10 Å². The smallest absolute Gasteiger partial charge is 0.424 e. The summed E-state index contributed by atoms with van der Waals surface area (Å²) in [6.07, 6.45) is 4.79. The minimum atomic E-state index is -1.43. The normalized spacial score (nSPS) is 24.2. The van der Waals surface area contributed by atoms with Gasteiger partial charge in [0.25, 0.3) is 0 Å². The fourth-order valence-electron chi connectivity index (χ4n) is 1.00. The Morgan fingerprint density at radius 2 is 2.40 bits per heavy atom. The third kappa shape index (κ3) is 2.09. The maximum atomic E-state index is 9.90. The Morgan fingerprint density at radius 3 is 2.90 bits per heavy atom. The highest BCUT2D eigenvalue weighted by atomic mass is 16.7. The summed E-state index contributed by atoms with van der Waals surface area (Å²) in [4.78, 5) is 9.90. The van der Waals surface area contributed by atoms with Gasteiger partial charge in [0, 0.05) is 0 Å². The molecule has 0 saturated heterocycles. The molecule has 1 radical (unpaired) electrons. The molecule has 0 aromatic rings. The quantitative estimate of drug-likeness (QED) is 0.411. The highest BCUT2D eigenvalue weighted by Crippen LogP contribution is 2.13. The molecule has 1 rings (SSSR count). The maximum absolute atomic E-state index is 9.90. The molecule has 1 unspecified atom stereocenters. The first-order chi connectivity index (χ1) is 4.79. The van der Waals surface area contributed by atoms with E-state index >= 15 is 0 Å². The first-order valence-electron chi connectivity index (χ1n) is 3.33. The van der Waals surface area contributed by atoms with Crippen molar-refractivity contribution >= 4 is 6.16 Å². The maximum Gasteiger partial charge on any atom is 0.550 e. The summed E-state index contributed by atoms with van der Waals surface area (Å²) >= 11 is 0. The van der Waals surface area contributed by atoms with Gasteiger partial charge < -0.3 is 4.74 Å². The lowest BCUT2D eigenvalue weighted by molar-refractivity contribution is 0.0433. The molecule has 3 nitrogen and oxygen atoms in total. The van der Waals surface area contributed by atoms with Crippen molar-refractivity contribution in [2.24, 2.45) is 0 Å². The Kier molecular flexibility index (Phi) is 2.31. The van der Waals surface area contributed by atoms with Crippen LogP contribution in [0.3, 0.4) is 0 Å². The van der Waals surface area contributed by atoms with Crippen LogP contribution >= 0.6 is 0 Å². The molecule has 10 heavy (non-hydrogen) atoms. The summed E-state index contributed by atoms with van der Waals surface area (Å²) < 4.78 is 4.41. The number of carbonyl (C=O) groups excluding carboxylic acids is 1. The van der Waals surface area contributed by atoms with Crippen molar-refractivity contribution in [3.05, 3.63) is 12.2 Å². The SMILES string of the molecule is [O]C(=O)OC1C=CCCC1. The second-order valence-electron chi connectivity index (χ2n) is 2.27. The number of ether oxygens (including phenoxy) is 1. The minimum absolute atomic E-state index is 0.265. The molecule has 1 aliphatic carbocycles. The van der Waals surface area contributed by atoms with Gasteiger partial charge in [-0.05, 0) is 25.3 Å². The Balaban J connectivity index is 2.33. The fraction of sp³-hybridized carbons (Fsp3) is 0.571. The highest BCUT2D eigenvalue weighted by Gasteiger charge is 2.12. The van der Waals surface area contributed by atoms with Gasteiger partial charge in [-0.25, -0.2) is 0 Å². The molecule has 0 spiro atoms. The van der Waals surface area contributed by atoms with Crippen molar-refractivity contribution < 1.29 is 14.6 Å². The van der Waals surface area contributed by atoms with Crippen LogP contribution in [0.2, 0.25) is 0 Å². The van der Waals surface area contributed by atoms with Crippen LogP contribution in [0.4, 0.5) is 4.79 Å². The lowest BCUT2D eigenvalue weighted by Crippen LogP contribution is -2.15. The Labute approximate surface area is 59.3 Å². The standard InChI is InChI=1S/C7H9O3/c8-7(9)10-6-4-2-1-3-5-6/h2,4,6H,1,3,5H2. The summed E-state index contributed by atoms with van der Waals surface area (Å²) in [7, 11) is 0. The average Bonchev–Trinajstić information content (AvgIpc) is 1.88. The van der Waals surface area contributed by atoms with E-state index in [1.165, 1.54) is 0 Å². The molecular formula is C7H9O3. The molecule has 1 aliphatic rings. The predicted octanol–water partition coefficient (Wildman–Crippen LogP) is 1.66. The number of hydrogen-bond acceptors (Lipinski definition) is 2. The molecule has 0 N–H and O–H groups in total. The minimum Gasteiger partial charge on any atom is -0.424 e. The molecule has 0 heterocycles. The third-order valence-electron chi connectivity index (χ3n) is 1.46. The molecule has 1 atom stereocenters. The summed E-state index contributed by atoms with van der Waals surface area (Å²) in [5.41, 5.74) is 0. The van der Waals surface area contributed by atoms with Gasteiger partial charge in [0.2, 0.25) is 0 Å². The van der Waals surface area contributed by atoms with Gasteiger partial charge >= 0.3 is 6.16 Å². The van der Waals surface area contributed by atoms with Crippen LogP contribution in [0, 0.1) is 0 Å². The first-order valence-corrected chi connectivity index (χ1v) is 3.33. The van der Waals surface area contributed by atoms with Gasteiger partial charge in [0.15, 0.2) is 0 Å². The third-order valence-corrected chi connectivity index (χ3v) is 1.46. The lowest BCUT2D eigenvalue weighted by Gasteiger charge is -2.13. The number of allylic oxidation sites excluding steroid dienone is 1. The van der Waals surface area contributed by atoms with Crippen molar-refractivity contribution in [2.75, 3.05) is 0 Å². The molecule has 0 fully saturated rings. The molecule has 55 valence electrons. The summed E-state index contributed by atoms with van der Waals surface area (Å²) in [6, 6.07) is 0. The van der Waals surface area contributed by atoms with Gasteiger partial charge in [-0.1, -0.05) is 6.08 Å². The average molecular weight is 141 g/mol. The first kappa shape index (κ1) is 7.12. The number of carbonyl (C=O) groups is 1. The van der Waals surface area contributed by atoms with E-state index in [9.17, 15) is 9.90 Å². The van der Waals surface area contributed by atoms with Gasteiger partial charge in [-0.2, -0.15) is 9.90 Å². The Bertz CT molecular complexity index is 151. The molecule has 0 aromatic heterocycles. The van der Waals surface area contributed by atoms with Crippen molar-refractivity contribution in [1.29, 1.82) is 0 Å². The predicted molar refractivity (Wildman–Crippen MR) is 33.9 cm³/mol. The monoisotopic (exact) mass is 141 g/mol. The van der Waals surface area contributed by atoms with Crippen molar-refractivity contribution in [1.82, 2.24) is 0 Å². The van der Waals surface area contributed by atoms with Crippen LogP contribution in [-0.4, -0.2) is 12.3 Å². The van der Waals surface area contributed by atoms with E-state index in [1.807, 2.05) is 6.08 Å². The van der Waals surface area contributed by atoms with Gasteiger partial charge in [-0.3, -0.25) is 0 Å². The van der Waals surface area contributed by atoms with E-state index in [-0.39, 0.29) is 6.10 Å². The molecule has 0 saturated carbocycles. The largest absolute Gasteiger partial charge is 0.550 e. The van der Waals surface area contributed by atoms with Crippen LogP contribution in [0.15, 0.2) is 12.2 Å². The Hall–Kier alpha value is -0.990. The molecule has 0 aliphatic heterocycles. The number of rotatable bonds is 1. The fourth-order valence-corrected chi connectivity index (χ4v) is 1.00. The van der Waals surface area contributed by atoms with Crippen LogP contribution in [0.1, 0.15) is 19.3 Å². The van der Waals surface area contributed by atoms with Gasteiger partial charge in [-0.15, -0.1) is 0 Å². The lowest BCUT2D eigenvalue weighted by atomic mass is 10.1. The van der Waals surface area contributed by atoms with Crippen LogP contribution in [-0.2, 0) is 9.84 Å². The zero-order valence-electron chi connectivity index (χ0n) is 5.58. The molecule has 3 heteroatoms. The summed E-state index contributed by atoms with van der Waals surface area (Å²) in [6.45, 7) is 0. The zero-order valence-corrected chi connectivity index (χ0v) is 5.58.